The lowest BCUT2D eigenvalue weighted by atomic mass is 9.92. The minimum absolute atomic E-state index is 0.258. The Morgan fingerprint density at radius 2 is 2.00 bits per heavy atom. The zero-order valence-electron chi connectivity index (χ0n) is 11.3. The van der Waals surface area contributed by atoms with Crippen LogP contribution < -0.4 is 5.32 Å². The molecule has 0 amide bonds. The summed E-state index contributed by atoms with van der Waals surface area (Å²) < 4.78 is 0. The fourth-order valence-electron chi connectivity index (χ4n) is 3.85. The van der Waals surface area contributed by atoms with Crippen molar-refractivity contribution in [3.63, 3.8) is 0 Å². The number of hydrogen-bond acceptors (Lipinski definition) is 4. The lowest BCUT2D eigenvalue weighted by Crippen LogP contribution is -2.45. The molecule has 4 heteroatoms. The fourth-order valence-corrected chi connectivity index (χ4v) is 5.21. The van der Waals surface area contributed by atoms with E-state index in [0.29, 0.717) is 12.0 Å². The van der Waals surface area contributed by atoms with Crippen molar-refractivity contribution in [2.75, 3.05) is 0 Å². The molecule has 0 aromatic heterocycles. The predicted molar refractivity (Wildman–Crippen MR) is 81.7 cm³/mol. The number of aliphatic imine (C=N–C) groups is 2. The van der Waals surface area contributed by atoms with Gasteiger partial charge in [-0.2, -0.15) is 0 Å². The molecule has 1 N–H and O–H groups in total. The Morgan fingerprint density at radius 1 is 1.11 bits per heavy atom. The van der Waals surface area contributed by atoms with E-state index >= 15 is 0 Å². The number of allylic oxidation sites excluding steroid dienone is 1. The summed E-state index contributed by atoms with van der Waals surface area (Å²) in [5.74, 6) is 0.467. The Balaban J connectivity index is 1.52. The molecule has 2 heterocycles. The smallest absolute Gasteiger partial charge is 0.114 e. The highest BCUT2D eigenvalue weighted by Gasteiger charge is 2.41. The maximum atomic E-state index is 4.66. The van der Waals surface area contributed by atoms with Gasteiger partial charge in [-0.25, -0.2) is 4.99 Å². The first-order valence-electron chi connectivity index (χ1n) is 7.67. The first-order valence-corrected chi connectivity index (χ1v) is 8.48. The van der Waals surface area contributed by atoms with Gasteiger partial charge in [0.25, 0.3) is 0 Å². The van der Waals surface area contributed by atoms with E-state index in [1.807, 2.05) is 11.8 Å². The lowest BCUT2D eigenvalue weighted by molar-refractivity contribution is 0.323. The van der Waals surface area contributed by atoms with Crippen LogP contribution in [0.15, 0.2) is 20.5 Å². The van der Waals surface area contributed by atoms with Gasteiger partial charge in [0.15, 0.2) is 0 Å². The van der Waals surface area contributed by atoms with E-state index < -0.39 is 0 Å². The maximum Gasteiger partial charge on any atom is 0.114 e. The van der Waals surface area contributed by atoms with Crippen molar-refractivity contribution >= 4 is 23.1 Å². The lowest BCUT2D eigenvalue weighted by Gasteiger charge is -2.31. The van der Waals surface area contributed by atoms with Crippen LogP contribution in [0.5, 0.6) is 0 Å². The third-order valence-electron chi connectivity index (χ3n) is 4.82. The molecule has 2 aliphatic carbocycles. The molecule has 4 rings (SSSR count). The van der Waals surface area contributed by atoms with Crippen LogP contribution in [-0.4, -0.2) is 23.6 Å². The molecule has 2 atom stereocenters. The van der Waals surface area contributed by atoms with Gasteiger partial charge in [0.05, 0.1) is 11.0 Å². The normalized spacial score (nSPS) is 34.4. The molecule has 0 saturated heterocycles. The highest BCUT2D eigenvalue weighted by molar-refractivity contribution is 8.17. The van der Waals surface area contributed by atoms with Crippen LogP contribution in [0.2, 0.25) is 0 Å². The van der Waals surface area contributed by atoms with Crippen molar-refractivity contribution in [3.05, 3.63) is 10.5 Å². The topological polar surface area (TPSA) is 36.8 Å². The largest absolute Gasteiger partial charge is 0.292 e. The van der Waals surface area contributed by atoms with Crippen LogP contribution in [-0.2, 0) is 0 Å². The van der Waals surface area contributed by atoms with Gasteiger partial charge in [-0.15, -0.1) is 0 Å². The van der Waals surface area contributed by atoms with Crippen LogP contribution in [0.4, 0.5) is 0 Å². The van der Waals surface area contributed by atoms with Gasteiger partial charge >= 0.3 is 0 Å². The van der Waals surface area contributed by atoms with Gasteiger partial charge < -0.3 is 0 Å². The molecule has 2 unspecified atom stereocenters. The number of hydrogen-bond donors (Lipinski definition) is 1. The first-order chi connectivity index (χ1) is 9.42. The van der Waals surface area contributed by atoms with E-state index in [1.54, 1.807) is 16.8 Å². The third kappa shape index (κ3) is 2.19. The molecule has 1 saturated carbocycles. The molecule has 3 nitrogen and oxygen atoms in total. The van der Waals surface area contributed by atoms with Gasteiger partial charge in [-0.1, -0.05) is 31.0 Å². The Kier molecular flexibility index (Phi) is 3.24. The standard InChI is InChI=1S/C15H21N3S/c1-2-5-10(6-3-1)18-14-13-11-7-4-8-12(11)19-15(13)17-9-16-14/h9-10,13-14,18H,1-8H2. The Labute approximate surface area is 119 Å². The summed E-state index contributed by atoms with van der Waals surface area (Å²) in [4.78, 5) is 10.8. The minimum atomic E-state index is 0.258. The monoisotopic (exact) mass is 275 g/mol. The second kappa shape index (κ2) is 5.06. The summed E-state index contributed by atoms with van der Waals surface area (Å²) in [5, 5.41) is 5.11. The summed E-state index contributed by atoms with van der Waals surface area (Å²) in [5.41, 5.74) is 1.65. The second-order valence-corrected chi connectivity index (χ2v) is 7.18. The molecule has 19 heavy (non-hydrogen) atoms. The van der Waals surface area contributed by atoms with Crippen molar-refractivity contribution in [1.29, 1.82) is 0 Å². The van der Waals surface area contributed by atoms with E-state index in [1.165, 1.54) is 56.4 Å². The predicted octanol–water partition coefficient (Wildman–Crippen LogP) is 3.48. The van der Waals surface area contributed by atoms with Crippen molar-refractivity contribution in [3.8, 4) is 0 Å². The molecule has 0 aromatic carbocycles. The number of rotatable bonds is 2. The highest BCUT2D eigenvalue weighted by Crippen LogP contribution is 2.49. The molecule has 0 bridgehead atoms. The maximum absolute atomic E-state index is 4.66. The SMILES string of the molecule is C1=NC(NC2CCCCC2)C2C(=N1)SC1=C2CCC1. The summed E-state index contributed by atoms with van der Waals surface area (Å²) in [6.07, 6.45) is 12.7. The summed E-state index contributed by atoms with van der Waals surface area (Å²) in [7, 11) is 0. The van der Waals surface area contributed by atoms with E-state index in [0.717, 1.165) is 0 Å². The van der Waals surface area contributed by atoms with Crippen molar-refractivity contribution < 1.29 is 0 Å². The Bertz CT molecular complexity index is 460. The van der Waals surface area contributed by atoms with Crippen LogP contribution >= 0.6 is 11.8 Å². The molecular weight excluding hydrogens is 254 g/mol. The molecule has 1 fully saturated rings. The zero-order chi connectivity index (χ0) is 12.7. The van der Waals surface area contributed by atoms with Crippen molar-refractivity contribution in [2.24, 2.45) is 15.9 Å². The second-order valence-electron chi connectivity index (χ2n) is 6.06. The van der Waals surface area contributed by atoms with Gasteiger partial charge in [0.1, 0.15) is 12.5 Å². The van der Waals surface area contributed by atoms with Gasteiger partial charge in [-0.3, -0.25) is 10.3 Å². The first kappa shape index (κ1) is 12.2. The van der Waals surface area contributed by atoms with Crippen molar-refractivity contribution in [1.82, 2.24) is 5.32 Å². The number of nitrogens with one attached hydrogen (secondary N) is 1. The molecule has 102 valence electrons. The molecule has 0 spiro atoms. The van der Waals surface area contributed by atoms with E-state index in [2.05, 4.69) is 15.3 Å². The fraction of sp³-hybridized carbons (Fsp3) is 0.733. The van der Waals surface area contributed by atoms with E-state index in [-0.39, 0.29) is 6.17 Å². The number of fused-ring (bicyclic) bond motifs is 2. The summed E-state index contributed by atoms with van der Waals surface area (Å²) in [6, 6.07) is 0.673. The van der Waals surface area contributed by atoms with Crippen LogP contribution in [0.25, 0.3) is 0 Å². The quantitative estimate of drug-likeness (QED) is 0.837. The summed E-state index contributed by atoms with van der Waals surface area (Å²) in [6.45, 7) is 0. The zero-order valence-corrected chi connectivity index (χ0v) is 12.1. The minimum Gasteiger partial charge on any atom is -0.292 e. The molecule has 4 aliphatic rings. The van der Waals surface area contributed by atoms with Crippen LogP contribution in [0.1, 0.15) is 51.4 Å². The number of thioether (sulfide) groups is 1. The molecule has 2 aliphatic heterocycles. The van der Waals surface area contributed by atoms with Gasteiger partial charge in [0.2, 0.25) is 0 Å². The van der Waals surface area contributed by atoms with Gasteiger partial charge in [-0.05, 0) is 42.6 Å². The molecular formula is C15H21N3S. The summed E-state index contributed by atoms with van der Waals surface area (Å²) >= 11 is 1.93. The van der Waals surface area contributed by atoms with Gasteiger partial charge in [0, 0.05) is 6.04 Å². The van der Waals surface area contributed by atoms with Crippen molar-refractivity contribution in [2.45, 2.75) is 63.6 Å². The Morgan fingerprint density at radius 3 is 2.89 bits per heavy atom. The van der Waals surface area contributed by atoms with Crippen LogP contribution in [0, 0.1) is 5.92 Å². The third-order valence-corrected chi connectivity index (χ3v) is 6.10. The molecule has 0 aromatic rings. The Hall–Kier alpha value is -0.610. The highest BCUT2D eigenvalue weighted by atomic mass is 32.2. The van der Waals surface area contributed by atoms with E-state index in [4.69, 9.17) is 0 Å². The average molecular weight is 275 g/mol. The van der Waals surface area contributed by atoms with E-state index in [9.17, 15) is 0 Å². The van der Waals surface area contributed by atoms with Crippen LogP contribution in [0.3, 0.4) is 0 Å². The molecule has 0 radical (unpaired) electrons. The number of nitrogens with zero attached hydrogens (tertiary/aromatic N) is 2. The average Bonchev–Trinajstić information content (AvgIpc) is 3.00.